The topological polar surface area (TPSA) is 76.5 Å². The molecular formula is C14H11NO4. The van der Waals surface area contributed by atoms with Crippen LogP contribution in [0.5, 0.6) is 11.5 Å². The molecule has 0 aliphatic carbocycles. The van der Waals surface area contributed by atoms with Crippen LogP contribution in [0, 0.1) is 0 Å². The Morgan fingerprint density at radius 1 is 1.11 bits per heavy atom. The van der Waals surface area contributed by atoms with Crippen molar-refractivity contribution in [2.24, 2.45) is 0 Å². The third kappa shape index (κ3) is 3.64. The lowest BCUT2D eigenvalue weighted by Crippen LogP contribution is -2.06. The molecule has 0 aliphatic rings. The molecule has 0 atom stereocenters. The second-order valence-electron chi connectivity index (χ2n) is 3.81. The van der Waals surface area contributed by atoms with E-state index in [0.717, 1.165) is 0 Å². The molecule has 5 nitrogen and oxygen atoms in total. The van der Waals surface area contributed by atoms with Gasteiger partial charge in [0.2, 0.25) is 0 Å². The predicted molar refractivity (Wildman–Crippen MR) is 67.3 cm³/mol. The molecule has 2 rings (SSSR count). The maximum Gasteiger partial charge on any atom is 0.311 e. The van der Waals surface area contributed by atoms with Gasteiger partial charge in [-0.25, -0.2) is 0 Å². The number of carboxylic acid groups (broad SMARTS) is 1. The van der Waals surface area contributed by atoms with E-state index in [1.165, 1.54) is 12.1 Å². The Bertz CT molecular complexity index is 578. The van der Waals surface area contributed by atoms with Gasteiger partial charge in [-0.05, 0) is 36.4 Å². The summed E-state index contributed by atoms with van der Waals surface area (Å²) in [5, 5.41) is 8.54. The molecule has 1 aromatic heterocycles. The number of aliphatic carboxylic acids is 1. The van der Waals surface area contributed by atoms with Crippen LogP contribution in [0.4, 0.5) is 0 Å². The Balaban J connectivity index is 2.06. The first-order chi connectivity index (χ1) is 9.15. The molecular weight excluding hydrogens is 246 g/mol. The van der Waals surface area contributed by atoms with E-state index in [9.17, 15) is 9.59 Å². The molecule has 0 saturated carbocycles. The summed E-state index contributed by atoms with van der Waals surface area (Å²) in [6.07, 6.45) is 2.70. The smallest absolute Gasteiger partial charge is 0.311 e. The van der Waals surface area contributed by atoms with Gasteiger partial charge in [-0.1, -0.05) is 0 Å². The first-order valence-corrected chi connectivity index (χ1v) is 5.58. The molecule has 0 spiro atoms. The number of nitrogens with zero attached hydrogens (tertiary/aromatic N) is 1. The van der Waals surface area contributed by atoms with Crippen LogP contribution in [0.15, 0.2) is 48.8 Å². The number of aromatic nitrogens is 1. The number of carbonyl (C=O) groups is 2. The van der Waals surface area contributed by atoms with Crippen LogP contribution in [-0.2, 0) is 4.79 Å². The van der Waals surface area contributed by atoms with E-state index in [0.29, 0.717) is 17.1 Å². The summed E-state index contributed by atoms with van der Waals surface area (Å²) in [5.41, 5.74) is 0.348. The fraction of sp³-hybridized carbons (Fsp3) is 0.0714. The molecule has 0 amide bonds. The summed E-state index contributed by atoms with van der Waals surface area (Å²) in [6, 6.07) is 9.81. The SMILES string of the molecule is O=C(O)CC(=O)c1ccc(Oc2cccnc2)cc1. The second-order valence-corrected chi connectivity index (χ2v) is 3.81. The predicted octanol–water partition coefficient (Wildman–Crippen LogP) is 2.53. The van der Waals surface area contributed by atoms with Gasteiger partial charge in [-0.2, -0.15) is 0 Å². The summed E-state index contributed by atoms with van der Waals surface area (Å²) < 4.78 is 5.50. The highest BCUT2D eigenvalue weighted by Crippen LogP contribution is 2.20. The third-order valence-electron chi connectivity index (χ3n) is 2.36. The molecule has 0 aliphatic heterocycles. The number of benzene rings is 1. The highest BCUT2D eigenvalue weighted by molar-refractivity contribution is 6.05. The van der Waals surface area contributed by atoms with Crippen molar-refractivity contribution in [3.05, 3.63) is 54.4 Å². The van der Waals surface area contributed by atoms with Crippen LogP contribution in [-0.4, -0.2) is 21.8 Å². The van der Waals surface area contributed by atoms with Gasteiger partial charge in [0.05, 0.1) is 6.20 Å². The Kier molecular flexibility index (Phi) is 3.87. The number of carboxylic acids is 1. The van der Waals surface area contributed by atoms with Crippen LogP contribution in [0.1, 0.15) is 16.8 Å². The van der Waals surface area contributed by atoms with E-state index < -0.39 is 18.2 Å². The van der Waals surface area contributed by atoms with E-state index >= 15 is 0 Å². The molecule has 0 fully saturated rings. The largest absolute Gasteiger partial charge is 0.481 e. The molecule has 1 N–H and O–H groups in total. The van der Waals surface area contributed by atoms with Crippen molar-refractivity contribution in [2.45, 2.75) is 6.42 Å². The molecule has 1 heterocycles. The fourth-order valence-electron chi connectivity index (χ4n) is 1.49. The number of rotatable bonds is 5. The molecule has 1 aromatic carbocycles. The van der Waals surface area contributed by atoms with Gasteiger partial charge >= 0.3 is 5.97 Å². The molecule has 0 radical (unpaired) electrons. The average Bonchev–Trinajstić information content (AvgIpc) is 2.40. The van der Waals surface area contributed by atoms with Crippen molar-refractivity contribution in [1.82, 2.24) is 4.98 Å². The highest BCUT2D eigenvalue weighted by Gasteiger charge is 2.10. The number of hydrogen-bond acceptors (Lipinski definition) is 4. The van der Waals surface area contributed by atoms with Crippen LogP contribution >= 0.6 is 0 Å². The summed E-state index contributed by atoms with van der Waals surface area (Å²) in [7, 11) is 0. The number of pyridine rings is 1. The minimum atomic E-state index is -1.14. The first-order valence-electron chi connectivity index (χ1n) is 5.58. The molecule has 0 unspecified atom stereocenters. The van der Waals surface area contributed by atoms with Gasteiger partial charge in [0.25, 0.3) is 0 Å². The Morgan fingerprint density at radius 2 is 1.84 bits per heavy atom. The van der Waals surface area contributed by atoms with Gasteiger partial charge < -0.3 is 9.84 Å². The zero-order valence-corrected chi connectivity index (χ0v) is 9.95. The van der Waals surface area contributed by atoms with Crippen molar-refractivity contribution >= 4 is 11.8 Å². The average molecular weight is 257 g/mol. The molecule has 2 aromatic rings. The maximum absolute atomic E-state index is 11.5. The maximum atomic E-state index is 11.5. The second kappa shape index (κ2) is 5.77. The van der Waals surface area contributed by atoms with Gasteiger partial charge in [-0.3, -0.25) is 14.6 Å². The van der Waals surface area contributed by atoms with Crippen LogP contribution in [0.25, 0.3) is 0 Å². The standard InChI is InChI=1S/C14H11NO4/c16-13(8-14(17)18)10-3-5-11(6-4-10)19-12-2-1-7-15-9-12/h1-7,9H,8H2,(H,17,18). The van der Waals surface area contributed by atoms with E-state index in [4.69, 9.17) is 9.84 Å². The molecule has 5 heteroatoms. The fourth-order valence-corrected chi connectivity index (χ4v) is 1.49. The Labute approximate surface area is 109 Å². The zero-order chi connectivity index (χ0) is 13.7. The summed E-state index contributed by atoms with van der Waals surface area (Å²) in [6.45, 7) is 0. The Hall–Kier alpha value is -2.69. The van der Waals surface area contributed by atoms with Gasteiger partial charge in [0.15, 0.2) is 5.78 Å². The van der Waals surface area contributed by atoms with Crippen molar-refractivity contribution in [1.29, 1.82) is 0 Å². The Morgan fingerprint density at radius 3 is 2.42 bits per heavy atom. The highest BCUT2D eigenvalue weighted by atomic mass is 16.5. The molecule has 19 heavy (non-hydrogen) atoms. The number of ketones is 1. The first kappa shape index (κ1) is 12.8. The van der Waals surface area contributed by atoms with Crippen molar-refractivity contribution < 1.29 is 19.4 Å². The molecule has 0 saturated heterocycles. The number of Topliss-reactive ketones (excluding diaryl/α,β-unsaturated/α-hetero) is 1. The van der Waals surface area contributed by atoms with Gasteiger partial charge in [0.1, 0.15) is 17.9 Å². The number of hydrogen-bond donors (Lipinski definition) is 1. The van der Waals surface area contributed by atoms with Crippen LogP contribution in [0.3, 0.4) is 0 Å². The van der Waals surface area contributed by atoms with Crippen molar-refractivity contribution in [3.63, 3.8) is 0 Å². The van der Waals surface area contributed by atoms with E-state index in [-0.39, 0.29) is 0 Å². The minimum absolute atomic E-state index is 0.348. The van der Waals surface area contributed by atoms with Crippen molar-refractivity contribution in [3.8, 4) is 11.5 Å². The lowest BCUT2D eigenvalue weighted by atomic mass is 10.1. The lowest BCUT2D eigenvalue weighted by molar-refractivity contribution is -0.135. The van der Waals surface area contributed by atoms with Gasteiger partial charge in [0, 0.05) is 11.8 Å². The normalized spacial score (nSPS) is 9.89. The number of carbonyl (C=O) groups excluding carboxylic acids is 1. The van der Waals surface area contributed by atoms with E-state index in [2.05, 4.69) is 4.98 Å². The lowest BCUT2D eigenvalue weighted by Gasteiger charge is -2.05. The zero-order valence-electron chi connectivity index (χ0n) is 9.95. The summed E-state index contributed by atoms with van der Waals surface area (Å²) in [4.78, 5) is 25.8. The molecule has 0 bridgehead atoms. The van der Waals surface area contributed by atoms with Crippen LogP contribution in [0.2, 0.25) is 0 Å². The quantitative estimate of drug-likeness (QED) is 0.658. The van der Waals surface area contributed by atoms with Crippen LogP contribution < -0.4 is 4.74 Å². The van der Waals surface area contributed by atoms with E-state index in [1.54, 1.807) is 36.7 Å². The summed E-state index contributed by atoms with van der Waals surface area (Å²) in [5.74, 6) is -0.423. The third-order valence-corrected chi connectivity index (χ3v) is 2.36. The summed E-state index contributed by atoms with van der Waals surface area (Å²) >= 11 is 0. The molecule has 96 valence electrons. The minimum Gasteiger partial charge on any atom is -0.481 e. The van der Waals surface area contributed by atoms with E-state index in [1.807, 2.05) is 0 Å². The number of ether oxygens (including phenoxy) is 1. The monoisotopic (exact) mass is 257 g/mol. The van der Waals surface area contributed by atoms with Crippen molar-refractivity contribution in [2.75, 3.05) is 0 Å². The van der Waals surface area contributed by atoms with Gasteiger partial charge in [-0.15, -0.1) is 0 Å².